The first-order chi connectivity index (χ1) is 14.9. The van der Waals surface area contributed by atoms with E-state index in [1.165, 1.54) is 17.7 Å². The number of halogens is 1. The molecule has 6 nitrogen and oxygen atoms in total. The van der Waals surface area contributed by atoms with Crippen molar-refractivity contribution in [1.29, 1.82) is 0 Å². The molecule has 3 N–H and O–H groups in total. The predicted molar refractivity (Wildman–Crippen MR) is 125 cm³/mol. The third kappa shape index (κ3) is 7.10. The molecule has 31 heavy (non-hydrogen) atoms. The zero-order valence-electron chi connectivity index (χ0n) is 16.8. The number of carbonyl (C=O) groups excluding carboxylic acids is 1. The molecule has 3 aromatic rings. The Morgan fingerprint density at radius 1 is 0.806 bits per heavy atom. The fourth-order valence-electron chi connectivity index (χ4n) is 2.93. The lowest BCUT2D eigenvalue weighted by Crippen LogP contribution is -2.28. The smallest absolute Gasteiger partial charge is 0.242 e. The van der Waals surface area contributed by atoms with Crippen LogP contribution in [0.2, 0.25) is 5.02 Å². The monoisotopic (exact) mass is 457 g/mol. The molecule has 0 aliphatic rings. The number of rotatable bonds is 10. The number of hydrogen-bond acceptors (Lipinski definition) is 4. The summed E-state index contributed by atoms with van der Waals surface area (Å²) in [5.74, 6) is -0.286. The average molecular weight is 458 g/mol. The molecule has 0 fully saturated rings. The maximum atomic E-state index is 12.3. The Hall–Kier alpha value is -2.87. The van der Waals surface area contributed by atoms with Crippen LogP contribution in [0.5, 0.6) is 0 Å². The lowest BCUT2D eigenvalue weighted by Gasteiger charge is -2.10. The lowest BCUT2D eigenvalue weighted by atomic mass is 10.1. The zero-order valence-corrected chi connectivity index (χ0v) is 18.4. The molecular formula is C23H24ClN3O3S. The van der Waals surface area contributed by atoms with Gasteiger partial charge in [-0.1, -0.05) is 54.1 Å². The summed E-state index contributed by atoms with van der Waals surface area (Å²) in [6.45, 7) is 0.778. The second-order valence-electron chi connectivity index (χ2n) is 6.87. The van der Waals surface area contributed by atoms with E-state index in [1.807, 2.05) is 30.3 Å². The summed E-state index contributed by atoms with van der Waals surface area (Å²) >= 11 is 5.93. The van der Waals surface area contributed by atoms with Gasteiger partial charge in [0.1, 0.15) is 4.90 Å². The minimum absolute atomic E-state index is 0.000754. The van der Waals surface area contributed by atoms with E-state index in [-0.39, 0.29) is 28.8 Å². The van der Waals surface area contributed by atoms with Crippen LogP contribution in [0, 0.1) is 0 Å². The minimum atomic E-state index is -3.76. The molecule has 0 unspecified atom stereocenters. The second kappa shape index (κ2) is 10.9. The Morgan fingerprint density at radius 2 is 1.45 bits per heavy atom. The fraction of sp³-hybridized carbons (Fsp3) is 0.174. The highest BCUT2D eigenvalue weighted by molar-refractivity contribution is 7.89. The van der Waals surface area contributed by atoms with E-state index in [0.717, 1.165) is 18.7 Å². The molecule has 1 amide bonds. The molecule has 3 rings (SSSR count). The summed E-state index contributed by atoms with van der Waals surface area (Å²) in [6, 6.07) is 23.8. The van der Waals surface area contributed by atoms with Crippen LogP contribution in [0.25, 0.3) is 0 Å². The Labute approximate surface area is 187 Å². The van der Waals surface area contributed by atoms with Gasteiger partial charge in [-0.25, -0.2) is 13.1 Å². The number of amides is 1. The quantitative estimate of drug-likeness (QED) is 0.423. The van der Waals surface area contributed by atoms with Gasteiger partial charge in [-0.3, -0.25) is 4.79 Å². The second-order valence-corrected chi connectivity index (χ2v) is 9.01. The molecule has 0 aliphatic heterocycles. The van der Waals surface area contributed by atoms with Crippen LogP contribution in [-0.2, 0) is 21.2 Å². The van der Waals surface area contributed by atoms with E-state index < -0.39 is 10.0 Å². The highest BCUT2D eigenvalue weighted by Crippen LogP contribution is 2.20. The highest BCUT2D eigenvalue weighted by Gasteiger charge is 2.17. The van der Waals surface area contributed by atoms with Gasteiger partial charge >= 0.3 is 0 Å². The van der Waals surface area contributed by atoms with Crippen molar-refractivity contribution in [2.24, 2.45) is 0 Å². The van der Waals surface area contributed by atoms with Crippen molar-refractivity contribution >= 4 is 38.9 Å². The van der Waals surface area contributed by atoms with Crippen molar-refractivity contribution < 1.29 is 13.2 Å². The van der Waals surface area contributed by atoms with Gasteiger partial charge in [-0.15, -0.1) is 0 Å². The predicted octanol–water partition coefficient (Wildman–Crippen LogP) is 4.30. The van der Waals surface area contributed by atoms with E-state index in [2.05, 4.69) is 27.5 Å². The van der Waals surface area contributed by atoms with Gasteiger partial charge in [0.15, 0.2) is 0 Å². The molecule has 0 saturated heterocycles. The molecule has 0 heterocycles. The summed E-state index contributed by atoms with van der Waals surface area (Å²) in [6.07, 6.45) is 0.921. The Kier molecular flexibility index (Phi) is 8.06. The van der Waals surface area contributed by atoms with Gasteiger partial charge < -0.3 is 10.6 Å². The molecular weight excluding hydrogens is 434 g/mol. The third-order valence-electron chi connectivity index (χ3n) is 4.52. The maximum Gasteiger partial charge on any atom is 0.242 e. The van der Waals surface area contributed by atoms with Gasteiger partial charge in [-0.2, -0.15) is 0 Å². The number of benzene rings is 3. The molecule has 0 aliphatic carbocycles. The van der Waals surface area contributed by atoms with Crippen molar-refractivity contribution in [1.82, 2.24) is 4.72 Å². The van der Waals surface area contributed by atoms with Crippen LogP contribution in [-0.4, -0.2) is 27.4 Å². The SMILES string of the molecule is O=C(CCNS(=O)(=O)c1ccccc1Cl)Nc1ccc(NCCc2ccccc2)cc1. The van der Waals surface area contributed by atoms with Crippen LogP contribution < -0.4 is 15.4 Å². The first-order valence-electron chi connectivity index (χ1n) is 9.86. The Bertz CT molecular complexity index is 1100. The molecule has 8 heteroatoms. The van der Waals surface area contributed by atoms with Crippen LogP contribution in [0.3, 0.4) is 0 Å². The summed E-state index contributed by atoms with van der Waals surface area (Å²) < 4.78 is 26.9. The standard InChI is InChI=1S/C23H24ClN3O3S/c24-21-8-4-5-9-22(21)31(29,30)26-17-15-23(28)27-20-12-10-19(11-13-20)25-16-14-18-6-2-1-3-7-18/h1-13,25-26H,14-17H2,(H,27,28). The third-order valence-corrected chi connectivity index (χ3v) is 6.49. The topological polar surface area (TPSA) is 87.3 Å². The van der Waals surface area contributed by atoms with Gasteiger partial charge in [0.25, 0.3) is 0 Å². The summed E-state index contributed by atoms with van der Waals surface area (Å²) in [5.41, 5.74) is 2.87. The Balaban J connectivity index is 1.41. The first-order valence-corrected chi connectivity index (χ1v) is 11.7. The molecule has 0 saturated carbocycles. The summed E-state index contributed by atoms with van der Waals surface area (Å²) in [7, 11) is -3.76. The molecule has 162 valence electrons. The van der Waals surface area contributed by atoms with Gasteiger partial charge in [-0.05, 0) is 48.4 Å². The number of anilines is 2. The van der Waals surface area contributed by atoms with Crippen LogP contribution in [0.15, 0.2) is 83.8 Å². The average Bonchev–Trinajstić information content (AvgIpc) is 2.76. The molecule has 0 radical (unpaired) electrons. The van der Waals surface area contributed by atoms with Crippen molar-refractivity contribution in [2.45, 2.75) is 17.7 Å². The minimum Gasteiger partial charge on any atom is -0.385 e. The Morgan fingerprint density at radius 3 is 2.16 bits per heavy atom. The van der Waals surface area contributed by atoms with Gasteiger partial charge in [0.05, 0.1) is 5.02 Å². The molecule has 0 aromatic heterocycles. The molecule has 3 aromatic carbocycles. The van der Waals surface area contributed by atoms with E-state index in [0.29, 0.717) is 5.69 Å². The van der Waals surface area contributed by atoms with Crippen LogP contribution >= 0.6 is 11.6 Å². The van der Waals surface area contributed by atoms with E-state index in [1.54, 1.807) is 24.3 Å². The largest absolute Gasteiger partial charge is 0.385 e. The van der Waals surface area contributed by atoms with E-state index >= 15 is 0 Å². The van der Waals surface area contributed by atoms with Crippen molar-refractivity contribution in [3.63, 3.8) is 0 Å². The number of hydrogen-bond donors (Lipinski definition) is 3. The lowest BCUT2D eigenvalue weighted by molar-refractivity contribution is -0.116. The van der Waals surface area contributed by atoms with Crippen LogP contribution in [0.1, 0.15) is 12.0 Å². The molecule has 0 spiro atoms. The highest BCUT2D eigenvalue weighted by atomic mass is 35.5. The van der Waals surface area contributed by atoms with Crippen molar-refractivity contribution in [2.75, 3.05) is 23.7 Å². The number of nitrogens with one attached hydrogen (secondary N) is 3. The van der Waals surface area contributed by atoms with E-state index in [9.17, 15) is 13.2 Å². The molecule has 0 atom stereocenters. The number of sulfonamides is 1. The normalized spacial score (nSPS) is 11.1. The molecule has 0 bridgehead atoms. The maximum absolute atomic E-state index is 12.3. The van der Waals surface area contributed by atoms with Gasteiger partial charge in [0, 0.05) is 30.9 Å². The van der Waals surface area contributed by atoms with Gasteiger partial charge in [0.2, 0.25) is 15.9 Å². The van der Waals surface area contributed by atoms with Crippen molar-refractivity contribution in [3.05, 3.63) is 89.4 Å². The summed E-state index contributed by atoms with van der Waals surface area (Å²) in [5, 5.41) is 6.24. The fourth-order valence-corrected chi connectivity index (χ4v) is 4.48. The van der Waals surface area contributed by atoms with Crippen molar-refractivity contribution in [3.8, 4) is 0 Å². The van der Waals surface area contributed by atoms with E-state index in [4.69, 9.17) is 11.6 Å². The summed E-state index contributed by atoms with van der Waals surface area (Å²) in [4.78, 5) is 12.1. The van der Waals surface area contributed by atoms with Crippen LogP contribution in [0.4, 0.5) is 11.4 Å². The first kappa shape index (κ1) is 22.8. The zero-order chi connectivity index (χ0) is 22.1. The number of carbonyl (C=O) groups is 1.